The van der Waals surface area contributed by atoms with Gasteiger partial charge in [0.15, 0.2) is 22.8 Å². The number of ether oxygens (including phenoxy) is 3. The topological polar surface area (TPSA) is 128 Å². The van der Waals surface area contributed by atoms with Crippen LogP contribution < -0.4 is 20.1 Å². The lowest BCUT2D eigenvalue weighted by Gasteiger charge is -2.31. The number of ketones is 1. The van der Waals surface area contributed by atoms with Gasteiger partial charge in [-0.25, -0.2) is 4.79 Å². The van der Waals surface area contributed by atoms with Crippen molar-refractivity contribution in [2.75, 3.05) is 25.7 Å². The van der Waals surface area contributed by atoms with E-state index in [2.05, 4.69) is 0 Å². The molecular weight excluding hydrogens is 500 g/mol. The number of Topliss-reactive ketones (excluding diaryl/α,β-unsaturated/α-hetero) is 1. The number of carbonyl (C=O) groups excluding carboxylic acids is 2. The fourth-order valence-corrected chi connectivity index (χ4v) is 4.38. The molecule has 0 saturated carbocycles. The van der Waals surface area contributed by atoms with E-state index in [-0.39, 0.29) is 5.41 Å². The van der Waals surface area contributed by atoms with E-state index in [1.807, 2.05) is 20.8 Å². The lowest BCUT2D eigenvalue weighted by molar-refractivity contribution is -0.150. The van der Waals surface area contributed by atoms with Crippen molar-refractivity contribution in [2.24, 2.45) is 11.1 Å². The number of carboxylic acids is 1. The van der Waals surface area contributed by atoms with Crippen molar-refractivity contribution in [1.82, 2.24) is 0 Å². The van der Waals surface area contributed by atoms with Gasteiger partial charge in [0.1, 0.15) is 12.2 Å². The molecule has 1 aliphatic rings. The SMILES string of the molecule is COc1cccc([C@H]2O[C@H](CC(=O)[C@@](C)(N)C(=O)O)C(=O)N(CC(C)(C)C)c3ccc(Cl)cc32)c1OC. The molecule has 3 atom stereocenters. The molecule has 37 heavy (non-hydrogen) atoms. The third-order valence-corrected chi connectivity index (χ3v) is 6.38. The highest BCUT2D eigenvalue weighted by Gasteiger charge is 2.44. The molecule has 200 valence electrons. The summed E-state index contributed by atoms with van der Waals surface area (Å²) < 4.78 is 17.5. The van der Waals surface area contributed by atoms with Gasteiger partial charge in [-0.1, -0.05) is 44.5 Å². The average Bonchev–Trinajstić information content (AvgIpc) is 2.92. The molecule has 3 rings (SSSR count). The summed E-state index contributed by atoms with van der Waals surface area (Å²) in [6.45, 7) is 7.33. The molecule has 0 aliphatic carbocycles. The zero-order valence-corrected chi connectivity index (χ0v) is 22.6. The molecule has 0 aromatic heterocycles. The maximum absolute atomic E-state index is 13.9. The Morgan fingerprint density at radius 3 is 2.35 bits per heavy atom. The van der Waals surface area contributed by atoms with Gasteiger partial charge in [-0.3, -0.25) is 9.59 Å². The maximum Gasteiger partial charge on any atom is 0.331 e. The Morgan fingerprint density at radius 1 is 1.11 bits per heavy atom. The number of rotatable bonds is 8. The summed E-state index contributed by atoms with van der Waals surface area (Å²) in [6.07, 6.45) is -2.77. The Balaban J connectivity index is 2.25. The van der Waals surface area contributed by atoms with Crippen LogP contribution in [0.5, 0.6) is 11.5 Å². The summed E-state index contributed by atoms with van der Waals surface area (Å²) in [6, 6.07) is 10.4. The number of aliphatic carboxylic acids is 1. The van der Waals surface area contributed by atoms with Crippen LogP contribution >= 0.6 is 11.6 Å². The van der Waals surface area contributed by atoms with Gasteiger partial charge < -0.3 is 30.0 Å². The first-order valence-corrected chi connectivity index (χ1v) is 12.1. The molecule has 0 unspecified atom stereocenters. The van der Waals surface area contributed by atoms with Crippen molar-refractivity contribution in [3.8, 4) is 11.5 Å². The van der Waals surface area contributed by atoms with Crippen LogP contribution in [0.25, 0.3) is 0 Å². The van der Waals surface area contributed by atoms with E-state index in [1.165, 1.54) is 14.2 Å². The van der Waals surface area contributed by atoms with Crippen LogP contribution in [0, 0.1) is 5.41 Å². The second kappa shape index (κ2) is 10.7. The molecule has 0 saturated heterocycles. The van der Waals surface area contributed by atoms with Gasteiger partial charge in [0.05, 0.1) is 14.2 Å². The first-order chi connectivity index (χ1) is 17.2. The first kappa shape index (κ1) is 28.4. The van der Waals surface area contributed by atoms with E-state index in [0.717, 1.165) is 6.92 Å². The average molecular weight is 533 g/mol. The molecule has 3 N–H and O–H groups in total. The summed E-state index contributed by atoms with van der Waals surface area (Å²) in [7, 11) is 2.99. The molecule has 1 amide bonds. The van der Waals surface area contributed by atoms with Crippen LogP contribution in [0.3, 0.4) is 0 Å². The summed E-state index contributed by atoms with van der Waals surface area (Å²) >= 11 is 6.40. The summed E-state index contributed by atoms with van der Waals surface area (Å²) in [5, 5.41) is 9.89. The van der Waals surface area contributed by atoms with Crippen molar-refractivity contribution in [1.29, 1.82) is 0 Å². The lowest BCUT2D eigenvalue weighted by Crippen LogP contribution is -2.54. The Morgan fingerprint density at radius 2 is 1.78 bits per heavy atom. The Labute approximate surface area is 221 Å². The lowest BCUT2D eigenvalue weighted by atomic mass is 9.92. The van der Waals surface area contributed by atoms with Crippen LogP contribution in [0.2, 0.25) is 5.02 Å². The van der Waals surface area contributed by atoms with Crippen molar-refractivity contribution < 1.29 is 33.7 Å². The number of carbonyl (C=O) groups is 3. The predicted molar refractivity (Wildman–Crippen MR) is 139 cm³/mol. The predicted octanol–water partition coefficient (Wildman–Crippen LogP) is 3.99. The summed E-state index contributed by atoms with van der Waals surface area (Å²) in [4.78, 5) is 40.1. The number of hydrogen-bond acceptors (Lipinski definition) is 7. The molecule has 0 bridgehead atoms. The van der Waals surface area contributed by atoms with E-state index in [4.69, 9.17) is 31.5 Å². The third-order valence-electron chi connectivity index (χ3n) is 6.15. The summed E-state index contributed by atoms with van der Waals surface area (Å²) in [5.41, 5.74) is 4.96. The number of fused-ring (bicyclic) bond motifs is 1. The molecule has 9 nitrogen and oxygen atoms in total. The number of halogens is 1. The van der Waals surface area contributed by atoms with Crippen LogP contribution in [0.1, 0.15) is 51.3 Å². The molecule has 1 heterocycles. The zero-order chi connectivity index (χ0) is 27.7. The molecule has 10 heteroatoms. The van der Waals surface area contributed by atoms with Crippen LogP contribution in [0.4, 0.5) is 5.69 Å². The number of carboxylic acid groups (broad SMARTS) is 1. The van der Waals surface area contributed by atoms with Crippen molar-refractivity contribution >= 4 is 34.9 Å². The van der Waals surface area contributed by atoms with E-state index in [0.29, 0.717) is 39.9 Å². The molecule has 0 radical (unpaired) electrons. The molecular formula is C27H33ClN2O7. The van der Waals surface area contributed by atoms with Crippen molar-refractivity contribution in [3.63, 3.8) is 0 Å². The van der Waals surface area contributed by atoms with Crippen LogP contribution in [-0.2, 0) is 19.1 Å². The number of nitrogens with two attached hydrogens (primary N) is 1. The third kappa shape index (κ3) is 5.89. The second-order valence-corrected chi connectivity index (χ2v) is 10.8. The first-order valence-electron chi connectivity index (χ1n) is 11.7. The Bertz CT molecular complexity index is 1210. The van der Waals surface area contributed by atoms with Gasteiger partial charge in [0.25, 0.3) is 5.91 Å². The number of amides is 1. The molecule has 0 fully saturated rings. The maximum atomic E-state index is 13.9. The number of anilines is 1. The monoisotopic (exact) mass is 532 g/mol. The Hall–Kier alpha value is -3.14. The number of hydrogen-bond donors (Lipinski definition) is 2. The molecule has 2 aromatic rings. The smallest absolute Gasteiger partial charge is 0.331 e. The van der Waals surface area contributed by atoms with Gasteiger partial charge in [-0.05, 0) is 36.6 Å². The number of methoxy groups -OCH3 is 2. The van der Waals surface area contributed by atoms with E-state index >= 15 is 0 Å². The fraction of sp³-hybridized carbons (Fsp3) is 0.444. The Kier molecular flexibility index (Phi) is 8.21. The minimum absolute atomic E-state index is 0.301. The number of nitrogens with zero attached hydrogens (tertiary/aromatic N) is 1. The van der Waals surface area contributed by atoms with Gasteiger partial charge in [-0.2, -0.15) is 0 Å². The molecule has 2 aromatic carbocycles. The van der Waals surface area contributed by atoms with Gasteiger partial charge in [0.2, 0.25) is 0 Å². The zero-order valence-electron chi connectivity index (χ0n) is 21.8. The van der Waals surface area contributed by atoms with E-state index < -0.39 is 41.8 Å². The highest BCUT2D eigenvalue weighted by atomic mass is 35.5. The number of para-hydroxylation sites is 1. The van der Waals surface area contributed by atoms with Crippen molar-refractivity contribution in [2.45, 2.75) is 51.9 Å². The minimum atomic E-state index is -2.19. The van der Waals surface area contributed by atoms with Gasteiger partial charge >= 0.3 is 5.97 Å². The van der Waals surface area contributed by atoms with Gasteiger partial charge in [-0.15, -0.1) is 0 Å². The standard InChI is InChI=1S/C27H33ClN2O7/c1-26(2,3)14-30-18-11-10-15(28)12-17(18)22(16-8-7-9-19(35-5)23(16)36-6)37-20(24(30)32)13-21(31)27(4,29)25(33)34/h7-12,20,22H,13-14,29H2,1-6H3,(H,33,34)/t20-,22-,27-/m1/s1. The number of benzene rings is 2. The van der Waals surface area contributed by atoms with Crippen LogP contribution in [0.15, 0.2) is 36.4 Å². The van der Waals surface area contributed by atoms with E-state index in [1.54, 1.807) is 41.3 Å². The highest BCUT2D eigenvalue weighted by molar-refractivity contribution is 6.30. The molecule has 1 aliphatic heterocycles. The summed E-state index contributed by atoms with van der Waals surface area (Å²) in [5.74, 6) is -1.99. The normalized spacial score (nSPS) is 19.5. The van der Waals surface area contributed by atoms with E-state index in [9.17, 15) is 19.5 Å². The van der Waals surface area contributed by atoms with Crippen LogP contribution in [-0.4, -0.2) is 55.2 Å². The quantitative estimate of drug-likeness (QED) is 0.488. The second-order valence-electron chi connectivity index (χ2n) is 10.4. The fourth-order valence-electron chi connectivity index (χ4n) is 4.20. The largest absolute Gasteiger partial charge is 0.493 e. The minimum Gasteiger partial charge on any atom is -0.493 e. The molecule has 0 spiro atoms. The van der Waals surface area contributed by atoms with Gasteiger partial charge in [0, 0.05) is 34.8 Å². The highest BCUT2D eigenvalue weighted by Crippen LogP contribution is 2.45. The van der Waals surface area contributed by atoms with Crippen molar-refractivity contribution in [3.05, 3.63) is 52.5 Å².